The molecule has 1 atom stereocenters. The van der Waals surface area contributed by atoms with Gasteiger partial charge in [-0.3, -0.25) is 0 Å². The van der Waals surface area contributed by atoms with Gasteiger partial charge in [0.25, 0.3) is 0 Å². The van der Waals surface area contributed by atoms with Gasteiger partial charge >= 0.3 is 0 Å². The third-order valence-corrected chi connectivity index (χ3v) is 0.745. The molecule has 0 aromatic carbocycles. The van der Waals surface area contributed by atoms with Crippen molar-refractivity contribution in [2.24, 2.45) is 0 Å². The molecule has 0 saturated heterocycles. The molecule has 0 heterocycles. The first-order valence-electron chi connectivity index (χ1n) is 2.09. The van der Waals surface area contributed by atoms with E-state index in [0.717, 1.165) is 6.42 Å². The molecule has 0 aliphatic rings. The van der Waals surface area contributed by atoms with Crippen LogP contribution in [0.5, 0.6) is 0 Å². The Balaban J connectivity index is 0. The average molecular weight is 132 g/mol. The third-order valence-electron chi connectivity index (χ3n) is 0.527. The van der Waals surface area contributed by atoms with Crippen LogP contribution in [0.3, 0.4) is 0 Å². The molecule has 0 aliphatic heterocycles. The van der Waals surface area contributed by atoms with Crippen LogP contribution in [0, 0.1) is 0 Å². The quantitative estimate of drug-likeness (QED) is 0.437. The molecule has 1 radical (unpaired) electrons. The summed E-state index contributed by atoms with van der Waals surface area (Å²) in [4.78, 5) is 0. The molecule has 0 amide bonds. The topological polar surface area (TPSA) is 20.2 Å². The number of aliphatic hydroxyl groups excluding tert-OH is 1. The van der Waals surface area contributed by atoms with Crippen LogP contribution >= 0.6 is 11.6 Å². The van der Waals surface area contributed by atoms with Gasteiger partial charge < -0.3 is 5.11 Å². The van der Waals surface area contributed by atoms with Gasteiger partial charge in [-0.2, -0.15) is 0 Å². The number of rotatable bonds is 2. The van der Waals surface area contributed by atoms with Gasteiger partial charge in [0, 0.05) is 29.6 Å². The minimum atomic E-state index is -0.630. The van der Waals surface area contributed by atoms with Crippen molar-refractivity contribution in [1.29, 1.82) is 0 Å². The fraction of sp³-hybridized carbons (Fsp3) is 1.00. The van der Waals surface area contributed by atoms with Crippen LogP contribution in [-0.4, -0.2) is 40.2 Å². The second-order valence-electron chi connectivity index (χ2n) is 1.22. The van der Waals surface area contributed by atoms with Crippen molar-refractivity contribution in [2.45, 2.75) is 25.3 Å². The first kappa shape index (κ1) is 11.1. The molecule has 0 aromatic rings. The maximum atomic E-state index is 8.32. The minimum absolute atomic E-state index is 0. The van der Waals surface area contributed by atoms with E-state index in [1.54, 1.807) is 0 Å². The van der Waals surface area contributed by atoms with Gasteiger partial charge in [-0.25, -0.2) is 0 Å². The van der Waals surface area contributed by atoms with Crippen LogP contribution < -0.4 is 0 Å². The predicted molar refractivity (Wildman–Crippen MR) is 32.5 cm³/mol. The maximum Gasteiger partial charge on any atom is 0.128 e. The van der Waals surface area contributed by atoms with Gasteiger partial charge in [0.05, 0.1) is 0 Å². The molecule has 39 valence electrons. The van der Waals surface area contributed by atoms with Gasteiger partial charge in [0.2, 0.25) is 0 Å². The van der Waals surface area contributed by atoms with Gasteiger partial charge in [-0.1, -0.05) is 24.9 Å². The molecule has 0 saturated carbocycles. The molecule has 1 N–H and O–H groups in total. The van der Waals surface area contributed by atoms with E-state index in [9.17, 15) is 0 Å². The maximum absolute atomic E-state index is 8.32. The summed E-state index contributed by atoms with van der Waals surface area (Å²) in [6, 6.07) is 0. The summed E-state index contributed by atoms with van der Waals surface area (Å²) in [6.45, 7) is 1.98. The second kappa shape index (κ2) is 7.25. The molecular formula is C4H9ClNaO. The van der Waals surface area contributed by atoms with Crippen LogP contribution in [-0.2, 0) is 0 Å². The van der Waals surface area contributed by atoms with E-state index < -0.39 is 5.56 Å². The van der Waals surface area contributed by atoms with Crippen molar-refractivity contribution < 1.29 is 5.11 Å². The Morgan fingerprint density at radius 2 is 2.14 bits per heavy atom. The summed E-state index contributed by atoms with van der Waals surface area (Å²) >= 11 is 5.13. The zero-order chi connectivity index (χ0) is 4.99. The molecule has 0 spiro atoms. The van der Waals surface area contributed by atoms with Gasteiger partial charge in [0.1, 0.15) is 5.56 Å². The Morgan fingerprint density at radius 3 is 2.14 bits per heavy atom. The van der Waals surface area contributed by atoms with E-state index in [1.807, 2.05) is 6.92 Å². The van der Waals surface area contributed by atoms with Crippen molar-refractivity contribution in [3.63, 3.8) is 0 Å². The van der Waals surface area contributed by atoms with Crippen LogP contribution in [0.1, 0.15) is 19.8 Å². The fourth-order valence-electron chi connectivity index (χ4n) is 0.238. The molecule has 0 aromatic heterocycles. The first-order chi connectivity index (χ1) is 2.77. The van der Waals surface area contributed by atoms with Crippen molar-refractivity contribution in [3.05, 3.63) is 0 Å². The number of alkyl halides is 1. The third kappa shape index (κ3) is 11.1. The number of halogens is 1. The molecule has 7 heavy (non-hydrogen) atoms. The molecular weight excluding hydrogens is 122 g/mol. The molecule has 1 unspecified atom stereocenters. The Morgan fingerprint density at radius 1 is 1.71 bits per heavy atom. The van der Waals surface area contributed by atoms with Crippen molar-refractivity contribution in [3.8, 4) is 0 Å². The summed E-state index contributed by atoms with van der Waals surface area (Å²) < 4.78 is 0. The molecule has 3 heteroatoms. The van der Waals surface area contributed by atoms with E-state index in [4.69, 9.17) is 16.7 Å². The number of hydrogen-bond acceptors (Lipinski definition) is 1. The van der Waals surface area contributed by atoms with Crippen molar-refractivity contribution >= 4 is 41.2 Å². The van der Waals surface area contributed by atoms with Crippen LogP contribution in [0.25, 0.3) is 0 Å². The van der Waals surface area contributed by atoms with Crippen LogP contribution in [0.15, 0.2) is 0 Å². The number of hydrogen-bond donors (Lipinski definition) is 1. The zero-order valence-electron chi connectivity index (χ0n) is 4.82. The molecule has 0 bridgehead atoms. The van der Waals surface area contributed by atoms with E-state index in [1.165, 1.54) is 0 Å². The zero-order valence-corrected chi connectivity index (χ0v) is 7.57. The summed E-state index contributed by atoms with van der Waals surface area (Å²) in [5.74, 6) is 0. The summed E-state index contributed by atoms with van der Waals surface area (Å²) in [7, 11) is 0. The Kier molecular flexibility index (Phi) is 11.5. The first-order valence-corrected chi connectivity index (χ1v) is 2.53. The minimum Gasteiger partial charge on any atom is -0.378 e. The largest absolute Gasteiger partial charge is 0.378 e. The Hall–Kier alpha value is 1.25. The van der Waals surface area contributed by atoms with E-state index in [2.05, 4.69) is 0 Å². The normalized spacial score (nSPS) is 12.4. The predicted octanol–water partition coefficient (Wildman–Crippen LogP) is 0.963. The van der Waals surface area contributed by atoms with Gasteiger partial charge in [-0.15, -0.1) is 0 Å². The van der Waals surface area contributed by atoms with Gasteiger partial charge in [0.15, 0.2) is 0 Å². The molecule has 1 nitrogen and oxygen atoms in total. The van der Waals surface area contributed by atoms with E-state index in [0.29, 0.717) is 6.42 Å². The standard InChI is InChI=1S/C4H9ClO.Na/c1-2-3-4(5)6;/h4,6H,2-3H2,1H3;. The summed E-state index contributed by atoms with van der Waals surface area (Å²) in [6.07, 6.45) is 1.65. The smallest absolute Gasteiger partial charge is 0.128 e. The fourth-order valence-corrected chi connectivity index (χ4v) is 0.456. The van der Waals surface area contributed by atoms with Crippen molar-refractivity contribution in [2.75, 3.05) is 0 Å². The van der Waals surface area contributed by atoms with Gasteiger partial charge in [-0.05, 0) is 6.42 Å². The number of aliphatic hydroxyl groups is 1. The SMILES string of the molecule is CCCC(O)Cl.[Na]. The average Bonchev–Trinajstić information content (AvgIpc) is 1.35. The summed E-state index contributed by atoms with van der Waals surface area (Å²) in [5.41, 5.74) is -0.630. The molecule has 0 aliphatic carbocycles. The van der Waals surface area contributed by atoms with Crippen molar-refractivity contribution in [1.82, 2.24) is 0 Å². The Labute approximate surface area is 71.3 Å². The van der Waals surface area contributed by atoms with Crippen LogP contribution in [0.4, 0.5) is 0 Å². The van der Waals surface area contributed by atoms with E-state index >= 15 is 0 Å². The monoisotopic (exact) mass is 131 g/mol. The molecule has 0 fully saturated rings. The van der Waals surface area contributed by atoms with Crippen LogP contribution in [0.2, 0.25) is 0 Å². The summed E-state index contributed by atoms with van der Waals surface area (Å²) in [5, 5.41) is 8.32. The molecule has 0 rings (SSSR count). The van der Waals surface area contributed by atoms with E-state index in [-0.39, 0.29) is 29.6 Å². The second-order valence-corrected chi connectivity index (χ2v) is 1.73. The Bertz CT molecular complexity index is 32.9.